The van der Waals surface area contributed by atoms with Crippen molar-refractivity contribution >= 4 is 17.6 Å². The van der Waals surface area contributed by atoms with Gasteiger partial charge in [0.15, 0.2) is 0 Å². The molecule has 0 saturated carbocycles. The number of nitrogens with zero attached hydrogens (tertiary/aromatic N) is 1. The summed E-state index contributed by atoms with van der Waals surface area (Å²) in [6, 6.07) is 13.2. The fourth-order valence-electron chi connectivity index (χ4n) is 2.36. The van der Waals surface area contributed by atoms with E-state index in [0.29, 0.717) is 5.92 Å². The van der Waals surface area contributed by atoms with Crippen molar-refractivity contribution in [3.8, 4) is 0 Å². The molecular weight excluding hydrogens is 333 g/mol. The molecule has 2 aromatic rings. The largest absolute Gasteiger partial charge is 0.334 e. The highest BCUT2D eigenvalue weighted by atomic mass is 19.1. The monoisotopic (exact) mass is 357 g/mol. The van der Waals surface area contributed by atoms with Crippen molar-refractivity contribution in [3.05, 3.63) is 65.5 Å². The van der Waals surface area contributed by atoms with Crippen LogP contribution in [0.1, 0.15) is 30.9 Å². The van der Waals surface area contributed by atoms with Crippen LogP contribution in [-0.4, -0.2) is 25.5 Å². The lowest BCUT2D eigenvalue weighted by Crippen LogP contribution is -2.42. The molecule has 0 aliphatic carbocycles. The summed E-state index contributed by atoms with van der Waals surface area (Å²) in [5.41, 5.74) is 2.71. The number of urea groups is 1. The number of benzene rings is 2. The molecule has 0 aromatic heterocycles. The second kappa shape index (κ2) is 8.99. The molecule has 3 amide bonds. The predicted octanol–water partition coefficient (Wildman–Crippen LogP) is 3.41. The lowest BCUT2D eigenvalue weighted by molar-refractivity contribution is -0.117. The van der Waals surface area contributed by atoms with Gasteiger partial charge in [-0.25, -0.2) is 9.18 Å². The van der Waals surface area contributed by atoms with E-state index in [2.05, 4.69) is 24.5 Å². The first kappa shape index (κ1) is 19.4. The molecule has 0 heterocycles. The van der Waals surface area contributed by atoms with Crippen molar-refractivity contribution < 1.29 is 14.0 Å². The fourth-order valence-corrected chi connectivity index (χ4v) is 2.36. The minimum Gasteiger partial charge on any atom is -0.334 e. The Labute approximate surface area is 153 Å². The molecule has 26 heavy (non-hydrogen) atoms. The third kappa shape index (κ3) is 5.58. The quantitative estimate of drug-likeness (QED) is 0.832. The fraction of sp³-hybridized carbons (Fsp3) is 0.300. The Morgan fingerprint density at radius 1 is 1.08 bits per heavy atom. The second-order valence-electron chi connectivity index (χ2n) is 6.37. The Hall–Kier alpha value is -2.89. The topological polar surface area (TPSA) is 61.4 Å². The van der Waals surface area contributed by atoms with Crippen LogP contribution < -0.4 is 15.5 Å². The first-order valence-corrected chi connectivity index (χ1v) is 8.49. The van der Waals surface area contributed by atoms with Crippen molar-refractivity contribution in [1.82, 2.24) is 10.6 Å². The Morgan fingerprint density at radius 2 is 1.77 bits per heavy atom. The van der Waals surface area contributed by atoms with Gasteiger partial charge in [-0.2, -0.15) is 0 Å². The van der Waals surface area contributed by atoms with E-state index in [9.17, 15) is 14.0 Å². The summed E-state index contributed by atoms with van der Waals surface area (Å²) in [7, 11) is 1.68. The highest BCUT2D eigenvalue weighted by Crippen LogP contribution is 2.20. The van der Waals surface area contributed by atoms with E-state index in [1.807, 2.05) is 24.3 Å². The molecule has 0 aliphatic heterocycles. The molecule has 0 unspecified atom stereocenters. The predicted molar refractivity (Wildman–Crippen MR) is 101 cm³/mol. The maximum absolute atomic E-state index is 12.8. The van der Waals surface area contributed by atoms with Crippen LogP contribution in [0.25, 0.3) is 0 Å². The Morgan fingerprint density at radius 3 is 2.42 bits per heavy atom. The number of nitrogens with one attached hydrogen (secondary N) is 2. The molecular formula is C20H24FN3O2. The zero-order valence-electron chi connectivity index (χ0n) is 15.3. The molecule has 2 N–H and O–H groups in total. The highest BCUT2D eigenvalue weighted by Gasteiger charge is 2.13. The average molecular weight is 357 g/mol. The maximum atomic E-state index is 12.8. The SMILES string of the molecule is CC(C)c1cccc(N(C)C(=O)CNC(=O)NCc2ccc(F)cc2)c1. The van der Waals surface area contributed by atoms with Gasteiger partial charge in [0.1, 0.15) is 5.82 Å². The molecule has 2 rings (SSSR count). The van der Waals surface area contributed by atoms with Gasteiger partial charge < -0.3 is 15.5 Å². The number of amides is 3. The van der Waals surface area contributed by atoms with Crippen LogP contribution in [0.5, 0.6) is 0 Å². The lowest BCUT2D eigenvalue weighted by Gasteiger charge is -2.19. The van der Waals surface area contributed by atoms with E-state index < -0.39 is 6.03 Å². The molecule has 0 saturated heterocycles. The number of carbonyl (C=O) groups is 2. The van der Waals surface area contributed by atoms with Crippen LogP contribution in [0, 0.1) is 5.82 Å². The standard InChI is InChI=1S/C20H24FN3O2/c1-14(2)16-5-4-6-18(11-16)24(3)19(25)13-23-20(26)22-12-15-7-9-17(21)10-8-15/h4-11,14H,12-13H2,1-3H3,(H2,22,23,26). The second-order valence-corrected chi connectivity index (χ2v) is 6.37. The maximum Gasteiger partial charge on any atom is 0.315 e. The van der Waals surface area contributed by atoms with E-state index in [1.54, 1.807) is 19.2 Å². The summed E-state index contributed by atoms with van der Waals surface area (Å²) in [5.74, 6) is -0.176. The summed E-state index contributed by atoms with van der Waals surface area (Å²) in [4.78, 5) is 25.6. The first-order valence-electron chi connectivity index (χ1n) is 8.49. The normalized spacial score (nSPS) is 10.5. The van der Waals surface area contributed by atoms with Crippen LogP contribution >= 0.6 is 0 Å². The molecule has 6 heteroatoms. The number of halogens is 1. The van der Waals surface area contributed by atoms with Gasteiger partial charge in [-0.1, -0.05) is 38.1 Å². The van der Waals surface area contributed by atoms with E-state index >= 15 is 0 Å². The van der Waals surface area contributed by atoms with Gasteiger partial charge in [0.05, 0.1) is 6.54 Å². The van der Waals surface area contributed by atoms with Gasteiger partial charge in [-0.15, -0.1) is 0 Å². The summed E-state index contributed by atoms with van der Waals surface area (Å²) < 4.78 is 12.8. The third-order valence-corrected chi connectivity index (χ3v) is 4.06. The van der Waals surface area contributed by atoms with Gasteiger partial charge in [0.25, 0.3) is 0 Å². The Kier molecular flexibility index (Phi) is 6.72. The van der Waals surface area contributed by atoms with E-state index in [-0.39, 0.29) is 24.8 Å². The number of likely N-dealkylation sites (N-methyl/N-ethyl adjacent to an activating group) is 1. The van der Waals surface area contributed by atoms with Gasteiger partial charge in [-0.05, 0) is 41.3 Å². The van der Waals surface area contributed by atoms with Gasteiger partial charge >= 0.3 is 6.03 Å². The minimum atomic E-state index is -0.452. The van der Waals surface area contributed by atoms with E-state index in [0.717, 1.165) is 16.8 Å². The van der Waals surface area contributed by atoms with Gasteiger partial charge in [0.2, 0.25) is 5.91 Å². The molecule has 0 spiro atoms. The minimum absolute atomic E-state index is 0.113. The van der Waals surface area contributed by atoms with Crippen molar-refractivity contribution in [2.24, 2.45) is 0 Å². The van der Waals surface area contributed by atoms with Crippen molar-refractivity contribution in [1.29, 1.82) is 0 Å². The summed E-state index contributed by atoms with van der Waals surface area (Å²) >= 11 is 0. The molecule has 0 radical (unpaired) electrons. The molecule has 0 bridgehead atoms. The summed E-state index contributed by atoms with van der Waals surface area (Å²) in [5, 5.41) is 5.17. The summed E-state index contributed by atoms with van der Waals surface area (Å²) in [6.07, 6.45) is 0. The van der Waals surface area contributed by atoms with Crippen LogP contribution in [0.15, 0.2) is 48.5 Å². The van der Waals surface area contributed by atoms with Crippen LogP contribution in [0.3, 0.4) is 0 Å². The molecule has 2 aromatic carbocycles. The first-order chi connectivity index (χ1) is 12.4. The molecule has 0 atom stereocenters. The Bertz CT molecular complexity index is 760. The highest BCUT2D eigenvalue weighted by molar-refractivity contribution is 5.96. The molecule has 0 aliphatic rings. The molecule has 138 valence electrons. The van der Waals surface area contributed by atoms with Crippen molar-refractivity contribution in [2.75, 3.05) is 18.5 Å². The third-order valence-electron chi connectivity index (χ3n) is 4.06. The zero-order chi connectivity index (χ0) is 19.1. The van der Waals surface area contributed by atoms with Crippen LogP contribution in [-0.2, 0) is 11.3 Å². The number of anilines is 1. The van der Waals surface area contributed by atoms with E-state index in [4.69, 9.17) is 0 Å². The van der Waals surface area contributed by atoms with Crippen LogP contribution in [0.4, 0.5) is 14.9 Å². The average Bonchev–Trinajstić information content (AvgIpc) is 2.65. The lowest BCUT2D eigenvalue weighted by atomic mass is 10.0. The van der Waals surface area contributed by atoms with Crippen molar-refractivity contribution in [2.45, 2.75) is 26.3 Å². The van der Waals surface area contributed by atoms with Crippen molar-refractivity contribution in [3.63, 3.8) is 0 Å². The van der Waals surface area contributed by atoms with E-state index in [1.165, 1.54) is 17.0 Å². The van der Waals surface area contributed by atoms with Gasteiger partial charge in [-0.3, -0.25) is 4.79 Å². The summed E-state index contributed by atoms with van der Waals surface area (Å²) in [6.45, 7) is 4.33. The number of rotatable bonds is 6. The van der Waals surface area contributed by atoms with Gasteiger partial charge in [0, 0.05) is 19.3 Å². The smallest absolute Gasteiger partial charge is 0.315 e. The molecule has 0 fully saturated rings. The number of carbonyl (C=O) groups excluding carboxylic acids is 2. The van der Waals surface area contributed by atoms with Crippen LogP contribution in [0.2, 0.25) is 0 Å². The Balaban J connectivity index is 1.82. The number of hydrogen-bond acceptors (Lipinski definition) is 2. The molecule has 5 nitrogen and oxygen atoms in total. The number of hydrogen-bond donors (Lipinski definition) is 2. The zero-order valence-corrected chi connectivity index (χ0v) is 15.3.